The number of ether oxygens (including phenoxy) is 3. The summed E-state index contributed by atoms with van der Waals surface area (Å²) in [5.74, 6) is 0.496. The van der Waals surface area contributed by atoms with Crippen molar-refractivity contribution >= 4 is 5.97 Å². The van der Waals surface area contributed by atoms with E-state index < -0.39 is 12.1 Å². The number of aliphatic hydroxyl groups is 1. The highest BCUT2D eigenvalue weighted by Crippen LogP contribution is 2.28. The first kappa shape index (κ1) is 16.8. The Morgan fingerprint density at radius 1 is 1.00 bits per heavy atom. The molecule has 0 aromatic heterocycles. The van der Waals surface area contributed by atoms with Gasteiger partial charge in [0.25, 0.3) is 0 Å². The molecule has 0 spiro atoms. The maximum atomic E-state index is 11.9. The van der Waals surface area contributed by atoms with E-state index in [0.717, 1.165) is 11.1 Å². The van der Waals surface area contributed by atoms with Crippen LogP contribution in [0.4, 0.5) is 0 Å². The number of carbonyl (C=O) groups excluding carboxylic acids is 1. The Bertz CT molecular complexity index is 639. The lowest BCUT2D eigenvalue weighted by molar-refractivity contribution is -0.154. The van der Waals surface area contributed by atoms with Gasteiger partial charge in [-0.3, -0.25) is 0 Å². The van der Waals surface area contributed by atoms with Crippen LogP contribution in [0.15, 0.2) is 48.5 Å². The molecule has 2 aromatic carbocycles. The lowest BCUT2D eigenvalue weighted by Crippen LogP contribution is -2.25. The third-order valence-corrected chi connectivity index (χ3v) is 3.37. The summed E-state index contributed by atoms with van der Waals surface area (Å²) in [6, 6.07) is 14.6. The van der Waals surface area contributed by atoms with Gasteiger partial charge >= 0.3 is 5.97 Å². The Kier molecular flexibility index (Phi) is 6.00. The first-order valence-electron chi connectivity index (χ1n) is 7.23. The molecule has 23 heavy (non-hydrogen) atoms. The molecular weight excluding hydrogens is 296 g/mol. The van der Waals surface area contributed by atoms with Crippen LogP contribution in [0.2, 0.25) is 0 Å². The normalized spacial score (nSPS) is 11.6. The third kappa shape index (κ3) is 4.72. The number of carbonyl (C=O) groups is 1. The molecular formula is C18H20O5. The van der Waals surface area contributed by atoms with Crippen LogP contribution in [0.25, 0.3) is 0 Å². The molecule has 1 unspecified atom stereocenters. The zero-order valence-electron chi connectivity index (χ0n) is 13.2. The van der Waals surface area contributed by atoms with Gasteiger partial charge in [-0.1, -0.05) is 36.4 Å². The maximum Gasteiger partial charge on any atom is 0.335 e. The number of rotatable bonds is 7. The van der Waals surface area contributed by atoms with Crippen LogP contribution in [-0.2, 0) is 22.6 Å². The monoisotopic (exact) mass is 316 g/mol. The number of hydrogen-bond acceptors (Lipinski definition) is 5. The number of methoxy groups -OCH3 is 2. The lowest BCUT2D eigenvalue weighted by Gasteiger charge is -2.13. The summed E-state index contributed by atoms with van der Waals surface area (Å²) in [5.41, 5.74) is 1.63. The summed E-state index contributed by atoms with van der Waals surface area (Å²) in [4.78, 5) is 11.9. The zero-order chi connectivity index (χ0) is 16.7. The Morgan fingerprint density at radius 2 is 1.70 bits per heavy atom. The third-order valence-electron chi connectivity index (χ3n) is 3.37. The van der Waals surface area contributed by atoms with Gasteiger partial charge < -0.3 is 19.3 Å². The Balaban J connectivity index is 1.93. The Hall–Kier alpha value is -2.53. The highest BCUT2D eigenvalue weighted by atomic mass is 16.5. The van der Waals surface area contributed by atoms with Crippen molar-refractivity contribution in [3.8, 4) is 11.5 Å². The molecule has 0 radical (unpaired) electrons. The second kappa shape index (κ2) is 8.19. The fourth-order valence-corrected chi connectivity index (χ4v) is 2.14. The van der Waals surface area contributed by atoms with Crippen molar-refractivity contribution in [2.45, 2.75) is 19.1 Å². The van der Waals surface area contributed by atoms with E-state index in [4.69, 9.17) is 14.2 Å². The molecule has 122 valence electrons. The predicted octanol–water partition coefficient (Wildman–Crippen LogP) is 2.35. The van der Waals surface area contributed by atoms with Gasteiger partial charge in [0.05, 0.1) is 14.2 Å². The summed E-state index contributed by atoms with van der Waals surface area (Å²) in [6.45, 7) is 0.142. The number of aliphatic hydroxyl groups excluding tert-OH is 1. The molecule has 0 saturated heterocycles. The second-order valence-electron chi connectivity index (χ2n) is 5.00. The highest BCUT2D eigenvalue weighted by molar-refractivity contribution is 5.74. The molecule has 1 atom stereocenters. The van der Waals surface area contributed by atoms with E-state index in [2.05, 4.69) is 0 Å². The molecule has 0 heterocycles. The Morgan fingerprint density at radius 3 is 2.35 bits per heavy atom. The van der Waals surface area contributed by atoms with Gasteiger partial charge in [0.15, 0.2) is 17.6 Å². The molecule has 2 aromatic rings. The molecule has 0 bridgehead atoms. The average molecular weight is 316 g/mol. The summed E-state index contributed by atoms with van der Waals surface area (Å²) >= 11 is 0. The minimum atomic E-state index is -1.23. The predicted molar refractivity (Wildman–Crippen MR) is 85.5 cm³/mol. The van der Waals surface area contributed by atoms with Gasteiger partial charge in [-0.2, -0.15) is 0 Å². The minimum absolute atomic E-state index is 0.142. The SMILES string of the molecule is COc1ccc(CC(O)C(=O)OCc2ccccc2)cc1OC. The summed E-state index contributed by atoms with van der Waals surface area (Å²) in [6.07, 6.45) is -1.08. The molecule has 0 saturated carbocycles. The molecule has 0 amide bonds. The molecule has 0 aliphatic carbocycles. The van der Waals surface area contributed by atoms with Crippen molar-refractivity contribution in [1.29, 1.82) is 0 Å². The maximum absolute atomic E-state index is 11.9. The summed E-state index contributed by atoms with van der Waals surface area (Å²) in [7, 11) is 3.08. The van der Waals surface area contributed by atoms with E-state index in [9.17, 15) is 9.90 Å². The quantitative estimate of drug-likeness (QED) is 0.794. The van der Waals surface area contributed by atoms with Gasteiger partial charge in [0, 0.05) is 6.42 Å². The summed E-state index contributed by atoms with van der Waals surface area (Å²) < 4.78 is 15.5. The van der Waals surface area contributed by atoms with Crippen molar-refractivity contribution in [1.82, 2.24) is 0 Å². The van der Waals surface area contributed by atoms with Gasteiger partial charge in [-0.15, -0.1) is 0 Å². The van der Waals surface area contributed by atoms with Crippen LogP contribution in [0.3, 0.4) is 0 Å². The van der Waals surface area contributed by atoms with E-state index in [1.165, 1.54) is 7.11 Å². The topological polar surface area (TPSA) is 65.0 Å². The number of esters is 1. The number of benzene rings is 2. The zero-order valence-corrected chi connectivity index (χ0v) is 13.2. The van der Waals surface area contributed by atoms with E-state index in [1.807, 2.05) is 30.3 Å². The largest absolute Gasteiger partial charge is 0.493 e. The lowest BCUT2D eigenvalue weighted by atomic mass is 10.1. The molecule has 5 nitrogen and oxygen atoms in total. The van der Waals surface area contributed by atoms with Crippen LogP contribution in [-0.4, -0.2) is 31.4 Å². The van der Waals surface area contributed by atoms with E-state index in [-0.39, 0.29) is 13.0 Å². The van der Waals surface area contributed by atoms with Crippen molar-refractivity contribution in [3.05, 3.63) is 59.7 Å². The van der Waals surface area contributed by atoms with Gasteiger partial charge in [-0.05, 0) is 23.3 Å². The minimum Gasteiger partial charge on any atom is -0.493 e. The molecule has 2 rings (SSSR count). The fourth-order valence-electron chi connectivity index (χ4n) is 2.14. The van der Waals surface area contributed by atoms with Crippen LogP contribution in [0.5, 0.6) is 11.5 Å². The van der Waals surface area contributed by atoms with Gasteiger partial charge in [-0.25, -0.2) is 4.79 Å². The van der Waals surface area contributed by atoms with Crippen molar-refractivity contribution in [3.63, 3.8) is 0 Å². The van der Waals surface area contributed by atoms with Crippen molar-refractivity contribution in [2.24, 2.45) is 0 Å². The highest BCUT2D eigenvalue weighted by Gasteiger charge is 2.18. The van der Waals surface area contributed by atoms with Crippen LogP contribution in [0.1, 0.15) is 11.1 Å². The van der Waals surface area contributed by atoms with Crippen LogP contribution in [0, 0.1) is 0 Å². The van der Waals surface area contributed by atoms with E-state index >= 15 is 0 Å². The Labute approximate surface area is 135 Å². The fraction of sp³-hybridized carbons (Fsp3) is 0.278. The average Bonchev–Trinajstić information content (AvgIpc) is 2.60. The molecule has 0 fully saturated rings. The van der Waals surface area contributed by atoms with Crippen molar-refractivity contribution < 1.29 is 24.1 Å². The molecule has 5 heteroatoms. The first-order chi connectivity index (χ1) is 11.1. The molecule has 0 aliphatic rings. The van der Waals surface area contributed by atoms with Gasteiger partial charge in [0.2, 0.25) is 0 Å². The van der Waals surface area contributed by atoms with Crippen LogP contribution >= 0.6 is 0 Å². The van der Waals surface area contributed by atoms with Crippen molar-refractivity contribution in [2.75, 3.05) is 14.2 Å². The van der Waals surface area contributed by atoms with E-state index in [1.54, 1.807) is 25.3 Å². The van der Waals surface area contributed by atoms with E-state index in [0.29, 0.717) is 11.5 Å². The smallest absolute Gasteiger partial charge is 0.335 e. The van der Waals surface area contributed by atoms with Gasteiger partial charge in [0.1, 0.15) is 6.61 Å². The standard InChI is InChI=1S/C18H20O5/c1-21-16-9-8-14(11-17(16)22-2)10-15(19)18(20)23-12-13-6-4-3-5-7-13/h3-9,11,15,19H,10,12H2,1-2H3. The first-order valence-corrected chi connectivity index (χ1v) is 7.23. The summed E-state index contributed by atoms with van der Waals surface area (Å²) in [5, 5.41) is 9.99. The number of hydrogen-bond donors (Lipinski definition) is 1. The van der Waals surface area contributed by atoms with Crippen LogP contribution < -0.4 is 9.47 Å². The molecule has 0 aliphatic heterocycles. The second-order valence-corrected chi connectivity index (χ2v) is 5.00. The molecule has 1 N–H and O–H groups in total.